The number of likely N-dealkylation sites (N-methyl/N-ethyl adjacent to an activating group) is 1. The third-order valence-corrected chi connectivity index (χ3v) is 5.71. The number of hydrogen-bond acceptors (Lipinski definition) is 6. The number of aliphatic hydroxyl groups is 1. The molecule has 1 aliphatic rings. The van der Waals surface area contributed by atoms with Gasteiger partial charge in [0.1, 0.15) is 11.5 Å². The zero-order valence-electron chi connectivity index (χ0n) is 19.3. The smallest absolute Gasteiger partial charge is 0.290 e. The second-order valence-electron chi connectivity index (χ2n) is 7.85. The lowest BCUT2D eigenvalue weighted by Crippen LogP contribution is -2.38. The van der Waals surface area contributed by atoms with Crippen LogP contribution < -0.4 is 4.74 Å². The van der Waals surface area contributed by atoms with Crippen LogP contribution in [-0.4, -0.2) is 59.4 Å². The lowest BCUT2D eigenvalue weighted by atomic mass is 9.95. The number of benzene rings is 1. The number of hydrogen-bond donors (Lipinski definition) is 1. The molecule has 0 aliphatic carbocycles. The Labute approximate surface area is 189 Å². The number of ether oxygens (including phenoxy) is 1. The molecule has 0 fully saturated rings. The van der Waals surface area contributed by atoms with Gasteiger partial charge < -0.3 is 24.1 Å². The molecule has 1 N–H and O–H groups in total. The Morgan fingerprint density at radius 1 is 1.19 bits per heavy atom. The average molecular weight is 441 g/mol. The van der Waals surface area contributed by atoms with Crippen molar-refractivity contribution in [2.45, 2.75) is 40.2 Å². The molecule has 32 heavy (non-hydrogen) atoms. The highest BCUT2D eigenvalue weighted by molar-refractivity contribution is 6.15. The van der Waals surface area contributed by atoms with Gasteiger partial charge in [0.25, 0.3) is 5.91 Å². The molecule has 1 aromatic heterocycles. The monoisotopic (exact) mass is 440 g/mol. The summed E-state index contributed by atoms with van der Waals surface area (Å²) in [4.78, 5) is 30.2. The van der Waals surface area contributed by atoms with Gasteiger partial charge in [0.2, 0.25) is 5.78 Å². The molecule has 2 heterocycles. The predicted octanol–water partition coefficient (Wildman–Crippen LogP) is 4.30. The standard InChI is InChI=1S/C25H32N2O5/c1-5-15-31-19-10-8-9-18(16-19)22-21(23(28)20-12-11-17(4)32-20)24(29)25(30)27(22)14-13-26(6-2)7-3/h8-12,16,22,29H,5-7,13-15H2,1-4H3. The Bertz CT molecular complexity index is 990. The Morgan fingerprint density at radius 2 is 1.94 bits per heavy atom. The van der Waals surface area contributed by atoms with Gasteiger partial charge in [-0.1, -0.05) is 32.9 Å². The second kappa shape index (κ2) is 10.5. The number of carbonyl (C=O) groups is 2. The highest BCUT2D eigenvalue weighted by Gasteiger charge is 2.44. The van der Waals surface area contributed by atoms with Gasteiger partial charge in [0, 0.05) is 13.1 Å². The van der Waals surface area contributed by atoms with Crippen LogP contribution in [0, 0.1) is 6.92 Å². The van der Waals surface area contributed by atoms with Crippen LogP contribution in [-0.2, 0) is 4.79 Å². The summed E-state index contributed by atoms with van der Waals surface area (Å²) in [7, 11) is 0. The number of amides is 1. The van der Waals surface area contributed by atoms with Crippen LogP contribution in [0.25, 0.3) is 0 Å². The number of carbonyl (C=O) groups excluding carboxylic acids is 2. The normalized spacial score (nSPS) is 16.3. The van der Waals surface area contributed by atoms with Crippen LogP contribution in [0.15, 0.2) is 52.1 Å². The van der Waals surface area contributed by atoms with Crippen molar-refractivity contribution in [1.82, 2.24) is 9.80 Å². The maximum atomic E-state index is 13.3. The van der Waals surface area contributed by atoms with Gasteiger partial charge in [-0.05, 0) is 56.3 Å². The van der Waals surface area contributed by atoms with E-state index in [2.05, 4.69) is 18.7 Å². The molecule has 1 aromatic carbocycles. The van der Waals surface area contributed by atoms with Crippen LogP contribution >= 0.6 is 0 Å². The molecular formula is C25H32N2O5. The molecule has 0 spiro atoms. The molecule has 7 heteroatoms. The minimum Gasteiger partial charge on any atom is -0.503 e. The molecule has 0 radical (unpaired) electrons. The summed E-state index contributed by atoms with van der Waals surface area (Å²) in [6.07, 6.45) is 0.865. The minimum atomic E-state index is -0.721. The van der Waals surface area contributed by atoms with E-state index in [1.807, 2.05) is 31.2 Å². The topological polar surface area (TPSA) is 83.2 Å². The molecule has 0 bridgehead atoms. The highest BCUT2D eigenvalue weighted by atomic mass is 16.5. The van der Waals surface area contributed by atoms with Crippen LogP contribution in [0.5, 0.6) is 5.75 Å². The highest BCUT2D eigenvalue weighted by Crippen LogP contribution is 2.40. The summed E-state index contributed by atoms with van der Waals surface area (Å²) < 4.78 is 11.3. The van der Waals surface area contributed by atoms with Crippen molar-refractivity contribution >= 4 is 11.7 Å². The molecule has 1 unspecified atom stereocenters. The average Bonchev–Trinajstić information content (AvgIpc) is 3.34. The van der Waals surface area contributed by atoms with Gasteiger partial charge in [0.05, 0.1) is 18.2 Å². The van der Waals surface area contributed by atoms with Gasteiger partial charge in [-0.15, -0.1) is 0 Å². The summed E-state index contributed by atoms with van der Waals surface area (Å²) >= 11 is 0. The van der Waals surface area contributed by atoms with Gasteiger partial charge >= 0.3 is 0 Å². The van der Waals surface area contributed by atoms with Gasteiger partial charge in [-0.2, -0.15) is 0 Å². The first-order valence-corrected chi connectivity index (χ1v) is 11.2. The fourth-order valence-electron chi connectivity index (χ4n) is 3.94. The number of aryl methyl sites for hydroxylation is 1. The van der Waals surface area contributed by atoms with E-state index < -0.39 is 23.5 Å². The number of furan rings is 1. The second-order valence-corrected chi connectivity index (χ2v) is 7.85. The first-order chi connectivity index (χ1) is 15.4. The van der Waals surface area contributed by atoms with E-state index in [1.54, 1.807) is 24.0 Å². The Hall–Kier alpha value is -3.06. The molecule has 2 aromatic rings. The first kappa shape index (κ1) is 23.6. The molecule has 172 valence electrons. The summed E-state index contributed by atoms with van der Waals surface area (Å²) in [5.41, 5.74) is 0.749. The third-order valence-electron chi connectivity index (χ3n) is 5.71. The van der Waals surface area contributed by atoms with Gasteiger partial charge in [0.15, 0.2) is 11.5 Å². The maximum Gasteiger partial charge on any atom is 0.290 e. The lowest BCUT2D eigenvalue weighted by Gasteiger charge is -2.29. The zero-order valence-corrected chi connectivity index (χ0v) is 19.3. The van der Waals surface area contributed by atoms with Crippen LogP contribution in [0.3, 0.4) is 0 Å². The van der Waals surface area contributed by atoms with Crippen molar-refractivity contribution in [3.63, 3.8) is 0 Å². The number of aliphatic hydroxyl groups excluding tert-OH is 1. The van der Waals surface area contributed by atoms with Gasteiger partial charge in [-0.3, -0.25) is 9.59 Å². The zero-order chi connectivity index (χ0) is 23.3. The van der Waals surface area contributed by atoms with E-state index in [0.29, 0.717) is 36.8 Å². The molecule has 1 aliphatic heterocycles. The molecule has 0 saturated carbocycles. The first-order valence-electron chi connectivity index (χ1n) is 11.2. The van der Waals surface area contributed by atoms with Crippen molar-refractivity contribution in [3.8, 4) is 5.75 Å². The van der Waals surface area contributed by atoms with E-state index in [4.69, 9.17) is 9.15 Å². The third kappa shape index (κ3) is 4.88. The number of rotatable bonds is 11. The van der Waals surface area contributed by atoms with Crippen molar-refractivity contribution in [3.05, 3.63) is 64.8 Å². The maximum absolute atomic E-state index is 13.3. The van der Waals surface area contributed by atoms with Crippen LogP contribution in [0.2, 0.25) is 0 Å². The molecule has 1 atom stereocenters. The van der Waals surface area contributed by atoms with Crippen molar-refractivity contribution in [2.75, 3.05) is 32.8 Å². The van der Waals surface area contributed by atoms with Crippen molar-refractivity contribution in [1.29, 1.82) is 0 Å². The van der Waals surface area contributed by atoms with Crippen molar-refractivity contribution in [2.24, 2.45) is 0 Å². The Balaban J connectivity index is 2.01. The molecule has 0 saturated heterocycles. The van der Waals surface area contributed by atoms with Crippen LogP contribution in [0.4, 0.5) is 0 Å². The van der Waals surface area contributed by atoms with Gasteiger partial charge in [-0.25, -0.2) is 0 Å². The summed E-state index contributed by atoms with van der Waals surface area (Å²) in [5.74, 6) is -0.206. The fourth-order valence-corrected chi connectivity index (χ4v) is 3.94. The van der Waals surface area contributed by atoms with E-state index in [0.717, 1.165) is 19.5 Å². The summed E-state index contributed by atoms with van der Waals surface area (Å²) in [6.45, 7) is 11.2. The lowest BCUT2D eigenvalue weighted by molar-refractivity contribution is -0.129. The fraction of sp³-hybridized carbons (Fsp3) is 0.440. The van der Waals surface area contributed by atoms with E-state index in [-0.39, 0.29) is 11.3 Å². The van der Waals surface area contributed by atoms with Crippen LogP contribution in [0.1, 0.15) is 55.1 Å². The molecule has 1 amide bonds. The number of nitrogens with zero attached hydrogens (tertiary/aromatic N) is 2. The Morgan fingerprint density at radius 3 is 2.56 bits per heavy atom. The van der Waals surface area contributed by atoms with E-state index in [1.165, 1.54) is 0 Å². The SMILES string of the molecule is CCCOc1cccc(C2C(C(=O)c3ccc(C)o3)=C(O)C(=O)N2CCN(CC)CC)c1. The summed E-state index contributed by atoms with van der Waals surface area (Å²) in [6, 6.07) is 9.89. The van der Waals surface area contributed by atoms with E-state index >= 15 is 0 Å². The predicted molar refractivity (Wildman–Crippen MR) is 122 cm³/mol. The largest absolute Gasteiger partial charge is 0.503 e. The van der Waals surface area contributed by atoms with E-state index in [9.17, 15) is 14.7 Å². The number of Topliss-reactive ketones (excluding diaryl/α,β-unsaturated/α-hetero) is 1. The Kier molecular flexibility index (Phi) is 7.75. The minimum absolute atomic E-state index is 0.0385. The quantitative estimate of drug-likeness (QED) is 0.525. The van der Waals surface area contributed by atoms with Crippen molar-refractivity contribution < 1.29 is 23.8 Å². The molecule has 7 nitrogen and oxygen atoms in total. The molecule has 3 rings (SSSR count). The molecular weight excluding hydrogens is 408 g/mol. The number of ketones is 1. The summed E-state index contributed by atoms with van der Waals surface area (Å²) in [5, 5.41) is 10.8.